The Hall–Kier alpha value is -3.64. The number of benzene rings is 3. The lowest BCUT2D eigenvalue weighted by molar-refractivity contribution is -0.115. The highest BCUT2D eigenvalue weighted by molar-refractivity contribution is 6.30. The molecule has 7 heteroatoms. The maximum atomic E-state index is 13.8. The molecule has 0 atom stereocenters. The zero-order chi connectivity index (χ0) is 24.1. The summed E-state index contributed by atoms with van der Waals surface area (Å²) in [7, 11) is 0. The molecule has 0 saturated heterocycles. The SMILES string of the molecule is CCC(F)(F)c1ccc(CC(=O)Nc2ccc(-c3nccnc3-c3ccc(Cl)cc3)cc2)cc1. The van der Waals surface area contributed by atoms with Crippen LogP contribution in [0.15, 0.2) is 85.2 Å². The van der Waals surface area contributed by atoms with Gasteiger partial charge in [0.05, 0.1) is 17.8 Å². The highest BCUT2D eigenvalue weighted by atomic mass is 35.5. The van der Waals surface area contributed by atoms with E-state index in [1.807, 2.05) is 24.3 Å². The summed E-state index contributed by atoms with van der Waals surface area (Å²) in [5.74, 6) is -3.09. The summed E-state index contributed by atoms with van der Waals surface area (Å²) in [6, 6.07) is 20.6. The van der Waals surface area contributed by atoms with E-state index in [-0.39, 0.29) is 24.3 Å². The van der Waals surface area contributed by atoms with Crippen molar-refractivity contribution in [1.29, 1.82) is 0 Å². The summed E-state index contributed by atoms with van der Waals surface area (Å²) in [6.07, 6.45) is 3.09. The van der Waals surface area contributed by atoms with Gasteiger partial charge in [-0.25, -0.2) is 8.78 Å². The summed E-state index contributed by atoms with van der Waals surface area (Å²) in [5, 5.41) is 3.48. The molecular weight excluding hydrogens is 456 g/mol. The lowest BCUT2D eigenvalue weighted by Gasteiger charge is -2.14. The van der Waals surface area contributed by atoms with Crippen molar-refractivity contribution in [2.24, 2.45) is 0 Å². The van der Waals surface area contributed by atoms with E-state index in [2.05, 4.69) is 15.3 Å². The average Bonchev–Trinajstić information content (AvgIpc) is 2.85. The van der Waals surface area contributed by atoms with Crippen LogP contribution in [0, 0.1) is 0 Å². The number of rotatable bonds is 7. The number of hydrogen-bond donors (Lipinski definition) is 1. The topological polar surface area (TPSA) is 54.9 Å². The summed E-state index contributed by atoms with van der Waals surface area (Å²) in [6.45, 7) is 1.44. The lowest BCUT2D eigenvalue weighted by Crippen LogP contribution is -2.15. The first kappa shape index (κ1) is 23.5. The van der Waals surface area contributed by atoms with Crippen LogP contribution in [0.1, 0.15) is 24.5 Å². The van der Waals surface area contributed by atoms with Crippen LogP contribution >= 0.6 is 11.6 Å². The predicted molar refractivity (Wildman–Crippen MR) is 131 cm³/mol. The van der Waals surface area contributed by atoms with Crippen molar-refractivity contribution in [3.63, 3.8) is 0 Å². The number of carbonyl (C=O) groups excluding carboxylic acids is 1. The Labute approximate surface area is 201 Å². The summed E-state index contributed by atoms with van der Waals surface area (Å²) < 4.78 is 27.5. The molecule has 0 unspecified atom stereocenters. The van der Waals surface area contributed by atoms with E-state index in [1.165, 1.54) is 19.1 Å². The van der Waals surface area contributed by atoms with Gasteiger partial charge in [0.1, 0.15) is 0 Å². The molecule has 4 rings (SSSR count). The molecule has 172 valence electrons. The Balaban J connectivity index is 1.45. The third kappa shape index (κ3) is 5.46. The quantitative estimate of drug-likeness (QED) is 0.307. The van der Waals surface area contributed by atoms with E-state index in [0.717, 1.165) is 16.8 Å². The maximum Gasteiger partial charge on any atom is 0.273 e. The number of halogens is 3. The Kier molecular flexibility index (Phi) is 6.98. The van der Waals surface area contributed by atoms with Crippen molar-refractivity contribution in [2.75, 3.05) is 5.32 Å². The second kappa shape index (κ2) is 10.1. The molecule has 34 heavy (non-hydrogen) atoms. The van der Waals surface area contributed by atoms with Gasteiger partial charge in [-0.05, 0) is 29.8 Å². The van der Waals surface area contributed by atoms with Gasteiger partial charge in [-0.3, -0.25) is 14.8 Å². The third-order valence-corrected chi connectivity index (χ3v) is 5.69. The third-order valence-electron chi connectivity index (χ3n) is 5.44. The number of nitrogens with zero attached hydrogens (tertiary/aromatic N) is 2. The Morgan fingerprint density at radius 1 is 0.853 bits per heavy atom. The molecule has 0 aliphatic heterocycles. The molecule has 4 aromatic rings. The largest absolute Gasteiger partial charge is 0.326 e. The summed E-state index contributed by atoms with van der Waals surface area (Å²) in [4.78, 5) is 21.4. The van der Waals surface area contributed by atoms with E-state index in [1.54, 1.807) is 48.8 Å². The summed E-state index contributed by atoms with van der Waals surface area (Å²) >= 11 is 6.00. The van der Waals surface area contributed by atoms with Crippen LogP contribution in [0.4, 0.5) is 14.5 Å². The number of anilines is 1. The maximum absolute atomic E-state index is 13.8. The minimum atomic E-state index is -2.86. The molecule has 0 saturated carbocycles. The highest BCUT2D eigenvalue weighted by Crippen LogP contribution is 2.32. The predicted octanol–water partition coefficient (Wildman–Crippen LogP) is 7.15. The zero-order valence-electron chi connectivity index (χ0n) is 18.4. The number of alkyl halides is 2. The minimum absolute atomic E-state index is 0.0447. The van der Waals surface area contributed by atoms with Crippen LogP contribution in [0.5, 0.6) is 0 Å². The van der Waals surface area contributed by atoms with Crippen molar-refractivity contribution in [3.8, 4) is 22.5 Å². The van der Waals surface area contributed by atoms with Gasteiger partial charge in [0.25, 0.3) is 5.92 Å². The number of aromatic nitrogens is 2. The van der Waals surface area contributed by atoms with Gasteiger partial charge in [0.15, 0.2) is 0 Å². The first-order chi connectivity index (χ1) is 16.4. The van der Waals surface area contributed by atoms with Crippen LogP contribution in [0.3, 0.4) is 0 Å². The van der Waals surface area contributed by atoms with Crippen LogP contribution < -0.4 is 5.32 Å². The fourth-order valence-electron chi connectivity index (χ4n) is 3.54. The molecule has 1 aromatic heterocycles. The van der Waals surface area contributed by atoms with Gasteiger partial charge >= 0.3 is 0 Å². The monoisotopic (exact) mass is 477 g/mol. The fraction of sp³-hybridized carbons (Fsp3) is 0.148. The van der Waals surface area contributed by atoms with Crippen molar-refractivity contribution >= 4 is 23.2 Å². The Bertz CT molecular complexity index is 1270. The second-order valence-electron chi connectivity index (χ2n) is 7.82. The van der Waals surface area contributed by atoms with Gasteiger partial charge in [0, 0.05) is 46.2 Å². The van der Waals surface area contributed by atoms with Gasteiger partial charge in [-0.15, -0.1) is 0 Å². The molecule has 1 amide bonds. The molecule has 0 spiro atoms. The summed E-state index contributed by atoms with van der Waals surface area (Å²) in [5.41, 5.74) is 4.43. The lowest BCUT2D eigenvalue weighted by atomic mass is 10.0. The van der Waals surface area contributed by atoms with Crippen LogP contribution in [0.2, 0.25) is 5.02 Å². The second-order valence-corrected chi connectivity index (χ2v) is 8.25. The van der Waals surface area contributed by atoms with Crippen LogP contribution in [0.25, 0.3) is 22.5 Å². The van der Waals surface area contributed by atoms with E-state index < -0.39 is 5.92 Å². The molecule has 4 nitrogen and oxygen atoms in total. The number of nitrogens with one attached hydrogen (secondary N) is 1. The first-order valence-corrected chi connectivity index (χ1v) is 11.2. The van der Waals surface area contributed by atoms with E-state index in [4.69, 9.17) is 11.6 Å². The van der Waals surface area contributed by atoms with E-state index in [0.29, 0.717) is 22.0 Å². The van der Waals surface area contributed by atoms with Crippen molar-refractivity contribution in [1.82, 2.24) is 9.97 Å². The van der Waals surface area contributed by atoms with E-state index in [9.17, 15) is 13.6 Å². The molecule has 0 fully saturated rings. The standard InChI is InChI=1S/C27H22ClF2N3O/c1-2-27(29,30)21-9-3-18(4-10-21)17-24(34)33-23-13-7-20(8-14-23)26-25(31-15-16-32-26)19-5-11-22(28)12-6-19/h3-16H,2,17H2,1H3,(H,33,34). The molecule has 1 heterocycles. The van der Waals surface area contributed by atoms with Crippen molar-refractivity contribution in [3.05, 3.63) is 101 Å². The minimum Gasteiger partial charge on any atom is -0.326 e. The molecule has 0 aliphatic rings. The van der Waals surface area contributed by atoms with Gasteiger partial charge in [-0.2, -0.15) is 0 Å². The van der Waals surface area contributed by atoms with Crippen LogP contribution in [-0.4, -0.2) is 15.9 Å². The molecule has 0 radical (unpaired) electrons. The highest BCUT2D eigenvalue weighted by Gasteiger charge is 2.28. The number of hydrogen-bond acceptors (Lipinski definition) is 3. The van der Waals surface area contributed by atoms with Crippen molar-refractivity contribution < 1.29 is 13.6 Å². The molecular formula is C27H22ClF2N3O. The fourth-order valence-corrected chi connectivity index (χ4v) is 3.67. The zero-order valence-corrected chi connectivity index (χ0v) is 19.2. The van der Waals surface area contributed by atoms with Gasteiger partial charge in [0.2, 0.25) is 5.91 Å². The average molecular weight is 478 g/mol. The van der Waals surface area contributed by atoms with E-state index >= 15 is 0 Å². The van der Waals surface area contributed by atoms with Gasteiger partial charge < -0.3 is 5.32 Å². The first-order valence-electron chi connectivity index (χ1n) is 10.8. The van der Waals surface area contributed by atoms with Crippen LogP contribution in [-0.2, 0) is 17.1 Å². The normalized spacial score (nSPS) is 11.3. The van der Waals surface area contributed by atoms with Gasteiger partial charge in [-0.1, -0.05) is 67.1 Å². The number of amides is 1. The molecule has 3 aromatic carbocycles. The number of carbonyl (C=O) groups is 1. The molecule has 0 aliphatic carbocycles. The van der Waals surface area contributed by atoms with Crippen molar-refractivity contribution in [2.45, 2.75) is 25.7 Å². The Morgan fingerprint density at radius 2 is 1.38 bits per heavy atom. The smallest absolute Gasteiger partial charge is 0.273 e. The molecule has 1 N–H and O–H groups in total. The Morgan fingerprint density at radius 3 is 1.91 bits per heavy atom. The molecule has 0 bridgehead atoms.